The number of carbonyl (C=O) groups is 1. The van der Waals surface area contributed by atoms with Gasteiger partial charge < -0.3 is 14.2 Å². The molecule has 2 aromatic rings. The van der Waals surface area contributed by atoms with Gasteiger partial charge in [-0.3, -0.25) is 4.79 Å². The largest absolute Gasteiger partial charge is 0.495 e. The molecule has 1 fully saturated rings. The van der Waals surface area contributed by atoms with Gasteiger partial charge >= 0.3 is 0 Å². The van der Waals surface area contributed by atoms with E-state index in [1.54, 1.807) is 13.4 Å². The Kier molecular flexibility index (Phi) is 4.42. The van der Waals surface area contributed by atoms with Crippen LogP contribution in [0.1, 0.15) is 41.2 Å². The number of carbonyl (C=O) groups excluding carboxylic acids is 1. The zero-order valence-corrected chi connectivity index (χ0v) is 13.7. The first-order valence-electron chi connectivity index (χ1n) is 7.53. The van der Waals surface area contributed by atoms with E-state index in [4.69, 9.17) is 4.74 Å². The minimum atomic E-state index is 0.0715. The van der Waals surface area contributed by atoms with Crippen LogP contribution in [0.4, 0.5) is 0 Å². The van der Waals surface area contributed by atoms with Crippen LogP contribution in [0.15, 0.2) is 17.8 Å². The molecule has 1 amide bonds. The first-order chi connectivity index (χ1) is 10.7. The molecule has 0 aliphatic carbocycles. The van der Waals surface area contributed by atoms with Crippen LogP contribution >= 0.6 is 11.3 Å². The summed E-state index contributed by atoms with van der Waals surface area (Å²) in [7, 11) is 1.60. The van der Waals surface area contributed by atoms with Crippen LogP contribution in [0.3, 0.4) is 0 Å². The summed E-state index contributed by atoms with van der Waals surface area (Å²) in [6, 6.07) is 1.84. The number of hydrogen-bond donors (Lipinski definition) is 0. The van der Waals surface area contributed by atoms with E-state index >= 15 is 0 Å². The highest BCUT2D eigenvalue weighted by molar-refractivity contribution is 7.12. The van der Waals surface area contributed by atoms with E-state index in [0.29, 0.717) is 16.5 Å². The zero-order valence-electron chi connectivity index (χ0n) is 12.9. The molecule has 2 aromatic heterocycles. The number of aryl methyl sites for hydroxylation is 1. The highest BCUT2D eigenvalue weighted by atomic mass is 32.1. The van der Waals surface area contributed by atoms with Gasteiger partial charge in [0, 0.05) is 25.6 Å². The second-order valence-electron chi connectivity index (χ2n) is 5.36. The Morgan fingerprint density at radius 2 is 2.23 bits per heavy atom. The van der Waals surface area contributed by atoms with E-state index in [-0.39, 0.29) is 5.91 Å². The maximum absolute atomic E-state index is 12.6. The SMILES string of the molecule is CCn1cnnc1C1CCN(C(=O)c2sccc2OC)CC1. The molecule has 6 nitrogen and oxygen atoms in total. The van der Waals surface area contributed by atoms with Crippen LogP contribution in [0, 0.1) is 0 Å². The minimum Gasteiger partial charge on any atom is -0.495 e. The summed E-state index contributed by atoms with van der Waals surface area (Å²) in [5.74, 6) is 2.17. The third kappa shape index (κ3) is 2.72. The molecule has 7 heteroatoms. The van der Waals surface area contributed by atoms with Crippen molar-refractivity contribution < 1.29 is 9.53 Å². The van der Waals surface area contributed by atoms with Gasteiger partial charge in [-0.2, -0.15) is 0 Å². The van der Waals surface area contributed by atoms with Crippen molar-refractivity contribution in [2.24, 2.45) is 0 Å². The van der Waals surface area contributed by atoms with Crippen molar-refractivity contribution in [1.29, 1.82) is 0 Å². The molecule has 0 radical (unpaired) electrons. The van der Waals surface area contributed by atoms with Gasteiger partial charge in [0.1, 0.15) is 22.8 Å². The smallest absolute Gasteiger partial charge is 0.267 e. The van der Waals surface area contributed by atoms with E-state index in [0.717, 1.165) is 38.3 Å². The Balaban J connectivity index is 1.66. The lowest BCUT2D eigenvalue weighted by Gasteiger charge is -2.31. The lowest BCUT2D eigenvalue weighted by atomic mass is 9.95. The molecule has 0 N–H and O–H groups in total. The highest BCUT2D eigenvalue weighted by Gasteiger charge is 2.28. The molecule has 0 saturated carbocycles. The van der Waals surface area contributed by atoms with Gasteiger partial charge in [-0.25, -0.2) is 0 Å². The lowest BCUT2D eigenvalue weighted by molar-refractivity contribution is 0.0712. The van der Waals surface area contributed by atoms with Gasteiger partial charge in [0.05, 0.1) is 7.11 Å². The summed E-state index contributed by atoms with van der Waals surface area (Å²) in [5, 5.41) is 10.1. The molecule has 0 atom stereocenters. The van der Waals surface area contributed by atoms with Crippen LogP contribution in [-0.2, 0) is 6.54 Å². The van der Waals surface area contributed by atoms with Crippen LogP contribution in [0.25, 0.3) is 0 Å². The Bertz CT molecular complexity index is 644. The van der Waals surface area contributed by atoms with E-state index < -0.39 is 0 Å². The van der Waals surface area contributed by atoms with Crippen molar-refractivity contribution in [3.8, 4) is 5.75 Å². The molecule has 0 aromatic carbocycles. The Hall–Kier alpha value is -1.89. The van der Waals surface area contributed by atoms with Gasteiger partial charge in [-0.05, 0) is 31.2 Å². The fourth-order valence-electron chi connectivity index (χ4n) is 2.92. The standard InChI is InChI=1S/C15H20N4O2S/c1-3-18-10-16-17-14(18)11-4-7-19(8-5-11)15(20)13-12(21-2)6-9-22-13/h6,9-11H,3-5,7-8H2,1-2H3. The van der Waals surface area contributed by atoms with Crippen LogP contribution in [0.2, 0.25) is 0 Å². The maximum Gasteiger partial charge on any atom is 0.267 e. The topological polar surface area (TPSA) is 60.2 Å². The molecule has 118 valence electrons. The predicted molar refractivity (Wildman–Crippen MR) is 84.4 cm³/mol. The Morgan fingerprint density at radius 3 is 2.91 bits per heavy atom. The van der Waals surface area contributed by atoms with Crippen molar-refractivity contribution in [2.75, 3.05) is 20.2 Å². The van der Waals surface area contributed by atoms with Crippen LogP contribution < -0.4 is 4.74 Å². The van der Waals surface area contributed by atoms with E-state index in [1.165, 1.54) is 11.3 Å². The molecule has 0 spiro atoms. The molecular weight excluding hydrogens is 300 g/mol. The van der Waals surface area contributed by atoms with Gasteiger partial charge in [-0.1, -0.05) is 0 Å². The third-order valence-electron chi connectivity index (χ3n) is 4.18. The number of nitrogens with zero attached hydrogens (tertiary/aromatic N) is 4. The first-order valence-corrected chi connectivity index (χ1v) is 8.41. The van der Waals surface area contributed by atoms with Gasteiger partial charge in [-0.15, -0.1) is 21.5 Å². The fourth-order valence-corrected chi connectivity index (χ4v) is 3.75. The van der Waals surface area contributed by atoms with Crippen LogP contribution in [0.5, 0.6) is 5.75 Å². The van der Waals surface area contributed by atoms with Crippen molar-refractivity contribution in [1.82, 2.24) is 19.7 Å². The molecular formula is C15H20N4O2S. The summed E-state index contributed by atoms with van der Waals surface area (Å²) in [4.78, 5) is 15.2. The number of methoxy groups -OCH3 is 1. The quantitative estimate of drug-likeness (QED) is 0.868. The minimum absolute atomic E-state index is 0.0715. The van der Waals surface area contributed by atoms with Crippen molar-refractivity contribution in [3.63, 3.8) is 0 Å². The summed E-state index contributed by atoms with van der Waals surface area (Å²) in [5.41, 5.74) is 0. The van der Waals surface area contributed by atoms with Gasteiger partial charge in [0.15, 0.2) is 0 Å². The fraction of sp³-hybridized carbons (Fsp3) is 0.533. The molecule has 3 rings (SSSR count). The molecule has 1 aliphatic heterocycles. The number of piperidine rings is 1. The summed E-state index contributed by atoms with van der Waals surface area (Å²) < 4.78 is 7.34. The van der Waals surface area contributed by atoms with Gasteiger partial charge in [0.2, 0.25) is 0 Å². The number of aromatic nitrogens is 3. The van der Waals surface area contributed by atoms with E-state index in [9.17, 15) is 4.79 Å². The summed E-state index contributed by atoms with van der Waals surface area (Å²) in [6.07, 6.45) is 3.64. The maximum atomic E-state index is 12.6. The number of ether oxygens (including phenoxy) is 1. The Morgan fingerprint density at radius 1 is 1.45 bits per heavy atom. The first kappa shape index (κ1) is 15.0. The number of hydrogen-bond acceptors (Lipinski definition) is 5. The summed E-state index contributed by atoms with van der Waals surface area (Å²) in [6.45, 7) is 4.48. The summed E-state index contributed by atoms with van der Waals surface area (Å²) >= 11 is 1.44. The van der Waals surface area contributed by atoms with Crippen molar-refractivity contribution in [2.45, 2.75) is 32.2 Å². The highest BCUT2D eigenvalue weighted by Crippen LogP contribution is 2.30. The van der Waals surface area contributed by atoms with Crippen molar-refractivity contribution >= 4 is 17.2 Å². The average Bonchev–Trinajstić information content (AvgIpc) is 3.22. The molecule has 22 heavy (non-hydrogen) atoms. The molecule has 0 bridgehead atoms. The van der Waals surface area contributed by atoms with Gasteiger partial charge in [0.25, 0.3) is 5.91 Å². The third-order valence-corrected chi connectivity index (χ3v) is 5.06. The molecule has 3 heterocycles. The van der Waals surface area contributed by atoms with Crippen LogP contribution in [-0.4, -0.2) is 45.8 Å². The number of likely N-dealkylation sites (tertiary alicyclic amines) is 1. The van der Waals surface area contributed by atoms with Crippen molar-refractivity contribution in [3.05, 3.63) is 28.5 Å². The number of amides is 1. The second kappa shape index (κ2) is 6.48. The second-order valence-corrected chi connectivity index (χ2v) is 6.28. The lowest BCUT2D eigenvalue weighted by Crippen LogP contribution is -2.38. The number of rotatable bonds is 4. The van der Waals surface area contributed by atoms with E-state index in [2.05, 4.69) is 21.7 Å². The monoisotopic (exact) mass is 320 g/mol. The molecule has 0 unspecified atom stereocenters. The normalized spacial score (nSPS) is 16.0. The number of thiophene rings is 1. The predicted octanol–water partition coefficient (Wildman–Crippen LogP) is 2.39. The molecule has 1 saturated heterocycles. The molecule has 1 aliphatic rings. The Labute approximate surface area is 133 Å². The zero-order chi connectivity index (χ0) is 15.5. The van der Waals surface area contributed by atoms with E-state index in [1.807, 2.05) is 16.3 Å². The average molecular weight is 320 g/mol.